The maximum Gasteiger partial charge on any atom is 0.155 e. The summed E-state index contributed by atoms with van der Waals surface area (Å²) in [5.74, 6) is 0.0547. The van der Waals surface area contributed by atoms with Crippen LogP contribution in [0.2, 0.25) is 0 Å². The van der Waals surface area contributed by atoms with E-state index >= 15 is 0 Å². The minimum atomic E-state index is -3.23. The topological polar surface area (TPSA) is 54.4 Å². The van der Waals surface area contributed by atoms with Crippen molar-refractivity contribution in [3.63, 3.8) is 0 Å². The molecule has 0 saturated heterocycles. The Bertz CT molecular complexity index is 453. The first-order chi connectivity index (χ1) is 7.92. The fourth-order valence-electron chi connectivity index (χ4n) is 1.76. The van der Waals surface area contributed by atoms with Crippen molar-refractivity contribution in [2.45, 2.75) is 31.6 Å². The molecular formula is C12H17BrO3S. The average molecular weight is 321 g/mol. The molecule has 2 atom stereocenters. The molecule has 0 aromatic heterocycles. The van der Waals surface area contributed by atoms with E-state index in [4.69, 9.17) is 0 Å². The van der Waals surface area contributed by atoms with Crippen molar-refractivity contribution in [1.29, 1.82) is 0 Å². The molecule has 0 aliphatic carbocycles. The van der Waals surface area contributed by atoms with Gasteiger partial charge in [-0.3, -0.25) is 0 Å². The number of halogens is 1. The molecule has 0 heterocycles. The van der Waals surface area contributed by atoms with Gasteiger partial charge in [0.1, 0.15) is 0 Å². The molecular weight excluding hydrogens is 304 g/mol. The Hall–Kier alpha value is -0.390. The third-order valence-corrected chi connectivity index (χ3v) is 5.68. The average Bonchev–Trinajstić information content (AvgIpc) is 2.30. The number of aliphatic hydroxyl groups excluding tert-OH is 1. The molecule has 0 bridgehead atoms. The van der Waals surface area contributed by atoms with Gasteiger partial charge in [0.05, 0.1) is 11.4 Å². The molecule has 96 valence electrons. The van der Waals surface area contributed by atoms with Crippen molar-refractivity contribution < 1.29 is 13.5 Å². The molecule has 0 amide bonds. The zero-order chi connectivity index (χ0) is 13.1. The lowest BCUT2D eigenvalue weighted by Gasteiger charge is -2.21. The molecule has 0 unspecified atom stereocenters. The lowest BCUT2D eigenvalue weighted by molar-refractivity contribution is 0.169. The lowest BCUT2D eigenvalue weighted by atomic mass is 10.1. The van der Waals surface area contributed by atoms with Gasteiger partial charge in [-0.2, -0.15) is 0 Å². The van der Waals surface area contributed by atoms with Crippen LogP contribution >= 0.6 is 15.9 Å². The zero-order valence-electron chi connectivity index (χ0n) is 9.93. The second-order valence-corrected chi connectivity index (χ2v) is 7.32. The Morgan fingerprint density at radius 2 is 1.76 bits per heavy atom. The lowest BCUT2D eigenvalue weighted by Crippen LogP contribution is -2.29. The van der Waals surface area contributed by atoms with Crippen molar-refractivity contribution in [3.8, 4) is 0 Å². The van der Waals surface area contributed by atoms with Gasteiger partial charge in [0.2, 0.25) is 0 Å². The van der Waals surface area contributed by atoms with E-state index in [1.807, 2.05) is 0 Å². The number of aliphatic hydroxyl groups is 1. The van der Waals surface area contributed by atoms with Crippen LogP contribution in [0.25, 0.3) is 0 Å². The summed E-state index contributed by atoms with van der Waals surface area (Å²) in [6, 6.07) is 7.07. The van der Waals surface area contributed by atoms with Gasteiger partial charge < -0.3 is 5.11 Å². The monoisotopic (exact) mass is 320 g/mol. The Balaban J connectivity index is 3.02. The number of rotatable bonds is 5. The van der Waals surface area contributed by atoms with Crippen LogP contribution in [0.3, 0.4) is 0 Å². The van der Waals surface area contributed by atoms with Crippen molar-refractivity contribution in [2.24, 2.45) is 0 Å². The first-order valence-electron chi connectivity index (χ1n) is 5.57. The Kier molecular flexibility index (Phi) is 5.16. The standard InChI is InChI=1S/C12H17BrO3S/c1-3-11(17(15,16)4-2)12(14)9-5-7-10(13)8-6-9/h5-8,11-12,14H,3-4H2,1-2H3/t11-,12-/m1/s1. The van der Waals surface area contributed by atoms with Crippen molar-refractivity contribution in [1.82, 2.24) is 0 Å². The Labute approximate surface area is 111 Å². The van der Waals surface area contributed by atoms with Crippen LogP contribution in [0.4, 0.5) is 0 Å². The van der Waals surface area contributed by atoms with Gasteiger partial charge in [-0.1, -0.05) is 41.9 Å². The molecule has 0 spiro atoms. The molecule has 0 radical (unpaired) electrons. The Morgan fingerprint density at radius 3 is 2.18 bits per heavy atom. The predicted molar refractivity (Wildman–Crippen MR) is 72.6 cm³/mol. The van der Waals surface area contributed by atoms with Crippen LogP contribution in [0.1, 0.15) is 31.9 Å². The summed E-state index contributed by atoms with van der Waals surface area (Å²) >= 11 is 3.30. The zero-order valence-corrected chi connectivity index (χ0v) is 12.3. The molecule has 1 aromatic carbocycles. The van der Waals surface area contributed by atoms with Crippen LogP contribution < -0.4 is 0 Å². The van der Waals surface area contributed by atoms with Gasteiger partial charge in [-0.15, -0.1) is 0 Å². The summed E-state index contributed by atoms with van der Waals surface area (Å²) < 4.78 is 24.6. The van der Waals surface area contributed by atoms with E-state index < -0.39 is 21.2 Å². The molecule has 1 aromatic rings. The summed E-state index contributed by atoms with van der Waals surface area (Å²) in [6.07, 6.45) is -0.550. The van der Waals surface area contributed by atoms with E-state index in [0.29, 0.717) is 12.0 Å². The second-order valence-electron chi connectivity index (χ2n) is 3.89. The fourth-order valence-corrected chi connectivity index (χ4v) is 3.51. The quantitative estimate of drug-likeness (QED) is 0.907. The summed E-state index contributed by atoms with van der Waals surface area (Å²) in [7, 11) is -3.23. The first kappa shape index (κ1) is 14.7. The van der Waals surface area contributed by atoms with Crippen molar-refractivity contribution in [2.75, 3.05) is 5.75 Å². The number of hydrogen-bond acceptors (Lipinski definition) is 3. The number of hydrogen-bond donors (Lipinski definition) is 1. The van der Waals surface area contributed by atoms with E-state index in [9.17, 15) is 13.5 Å². The summed E-state index contributed by atoms with van der Waals surface area (Å²) in [6.45, 7) is 3.38. The highest BCUT2D eigenvalue weighted by Crippen LogP contribution is 2.26. The summed E-state index contributed by atoms with van der Waals surface area (Å²) in [5, 5.41) is 9.42. The highest BCUT2D eigenvalue weighted by Gasteiger charge is 2.30. The van der Waals surface area contributed by atoms with Crippen LogP contribution in [0, 0.1) is 0 Å². The van der Waals surface area contributed by atoms with Gasteiger partial charge in [-0.05, 0) is 24.1 Å². The van der Waals surface area contributed by atoms with E-state index in [1.165, 1.54) is 0 Å². The highest BCUT2D eigenvalue weighted by atomic mass is 79.9. The first-order valence-corrected chi connectivity index (χ1v) is 8.08. The molecule has 5 heteroatoms. The van der Waals surface area contributed by atoms with Gasteiger partial charge >= 0.3 is 0 Å². The van der Waals surface area contributed by atoms with Crippen LogP contribution in [-0.4, -0.2) is 24.5 Å². The predicted octanol–water partition coefficient (Wildman–Crippen LogP) is 2.70. The maximum absolute atomic E-state index is 11.8. The molecule has 3 nitrogen and oxygen atoms in total. The number of benzene rings is 1. The SMILES string of the molecule is CC[C@H]([C@H](O)c1ccc(Br)cc1)S(=O)(=O)CC. The molecule has 0 aliphatic rings. The van der Waals surface area contributed by atoms with Gasteiger partial charge in [0.25, 0.3) is 0 Å². The van der Waals surface area contributed by atoms with E-state index in [1.54, 1.807) is 38.1 Å². The minimum Gasteiger partial charge on any atom is -0.387 e. The second kappa shape index (κ2) is 5.98. The molecule has 1 N–H and O–H groups in total. The normalized spacial score (nSPS) is 15.5. The van der Waals surface area contributed by atoms with Gasteiger partial charge in [0, 0.05) is 10.2 Å². The van der Waals surface area contributed by atoms with Gasteiger partial charge in [0.15, 0.2) is 9.84 Å². The van der Waals surface area contributed by atoms with Crippen LogP contribution in [-0.2, 0) is 9.84 Å². The number of sulfone groups is 1. The van der Waals surface area contributed by atoms with E-state index in [2.05, 4.69) is 15.9 Å². The molecule has 17 heavy (non-hydrogen) atoms. The Morgan fingerprint density at radius 1 is 1.24 bits per heavy atom. The molecule has 1 rings (SSSR count). The van der Waals surface area contributed by atoms with Gasteiger partial charge in [-0.25, -0.2) is 8.42 Å². The van der Waals surface area contributed by atoms with Crippen LogP contribution in [0.5, 0.6) is 0 Å². The molecule has 0 fully saturated rings. The van der Waals surface area contributed by atoms with Crippen molar-refractivity contribution in [3.05, 3.63) is 34.3 Å². The molecule has 0 saturated carbocycles. The molecule has 0 aliphatic heterocycles. The summed E-state index contributed by atoms with van der Waals surface area (Å²) in [4.78, 5) is 0. The third-order valence-electron chi connectivity index (χ3n) is 2.83. The van der Waals surface area contributed by atoms with E-state index in [-0.39, 0.29) is 5.75 Å². The largest absolute Gasteiger partial charge is 0.387 e. The highest BCUT2D eigenvalue weighted by molar-refractivity contribution is 9.10. The van der Waals surface area contributed by atoms with Crippen molar-refractivity contribution >= 4 is 25.8 Å². The smallest absolute Gasteiger partial charge is 0.155 e. The summed E-state index contributed by atoms with van der Waals surface area (Å²) in [5.41, 5.74) is 0.636. The van der Waals surface area contributed by atoms with E-state index in [0.717, 1.165) is 4.47 Å². The fraction of sp³-hybridized carbons (Fsp3) is 0.500. The third kappa shape index (κ3) is 3.53. The van der Waals surface area contributed by atoms with Crippen LogP contribution in [0.15, 0.2) is 28.7 Å². The minimum absolute atomic E-state index is 0.0547. The maximum atomic E-state index is 11.8.